The third-order valence-corrected chi connectivity index (χ3v) is 9.53. The highest BCUT2D eigenvalue weighted by Crippen LogP contribution is 2.35. The first-order valence-corrected chi connectivity index (χ1v) is 18.6. The van der Waals surface area contributed by atoms with E-state index >= 15 is 0 Å². The van der Waals surface area contributed by atoms with Gasteiger partial charge in [-0.2, -0.15) is 0 Å². The van der Waals surface area contributed by atoms with Crippen molar-refractivity contribution in [2.75, 3.05) is 26.7 Å². The van der Waals surface area contributed by atoms with Crippen LogP contribution in [0.25, 0.3) is 0 Å². The van der Waals surface area contributed by atoms with Crippen molar-refractivity contribution in [1.29, 1.82) is 0 Å². The van der Waals surface area contributed by atoms with Crippen molar-refractivity contribution in [1.82, 2.24) is 9.80 Å². The van der Waals surface area contributed by atoms with Crippen LogP contribution in [-0.4, -0.2) is 59.8 Å². The summed E-state index contributed by atoms with van der Waals surface area (Å²) in [5.41, 5.74) is 1.78. The van der Waals surface area contributed by atoms with E-state index in [1.54, 1.807) is 11.8 Å². The van der Waals surface area contributed by atoms with Crippen molar-refractivity contribution in [2.45, 2.75) is 102 Å². The van der Waals surface area contributed by atoms with Crippen molar-refractivity contribution in [2.24, 2.45) is 0 Å². The van der Waals surface area contributed by atoms with Gasteiger partial charge in [-0.05, 0) is 140 Å². The Balaban J connectivity index is 0.963. The van der Waals surface area contributed by atoms with Gasteiger partial charge in [-0.25, -0.2) is 0 Å². The van der Waals surface area contributed by atoms with Crippen LogP contribution in [0, 0.1) is 0 Å². The van der Waals surface area contributed by atoms with Crippen LogP contribution in [0.4, 0.5) is 0 Å². The molecule has 2 aliphatic rings. The van der Waals surface area contributed by atoms with Crippen LogP contribution in [0.2, 0.25) is 0 Å². The molecule has 51 heavy (non-hydrogen) atoms. The Morgan fingerprint density at radius 1 is 0.588 bits per heavy atom. The minimum absolute atomic E-state index is 0.178. The molecule has 2 unspecified atom stereocenters. The molecule has 2 aliphatic heterocycles. The third-order valence-electron chi connectivity index (χ3n) is 8.51. The molecule has 4 aromatic rings. The lowest BCUT2D eigenvalue weighted by atomic mass is 10.1. The van der Waals surface area contributed by atoms with Gasteiger partial charge in [0.05, 0.1) is 13.2 Å². The van der Waals surface area contributed by atoms with Gasteiger partial charge in [0, 0.05) is 46.1 Å². The van der Waals surface area contributed by atoms with E-state index in [0.717, 1.165) is 68.5 Å². The first-order chi connectivity index (χ1) is 24.3. The Morgan fingerprint density at radius 3 is 1.53 bits per heavy atom. The molecule has 0 saturated carbocycles. The number of rotatable bonds is 12. The van der Waals surface area contributed by atoms with Gasteiger partial charge in [0.15, 0.2) is 0 Å². The largest absolute Gasteiger partial charge is 0.488 e. The van der Waals surface area contributed by atoms with E-state index in [9.17, 15) is 0 Å². The summed E-state index contributed by atoms with van der Waals surface area (Å²) in [6, 6.07) is 28.9. The van der Waals surface area contributed by atoms with Gasteiger partial charge in [0.25, 0.3) is 0 Å². The van der Waals surface area contributed by atoms with E-state index in [-0.39, 0.29) is 23.3 Å². The van der Waals surface area contributed by atoms with Gasteiger partial charge < -0.3 is 28.4 Å². The molecule has 0 saturated heterocycles. The number of benzene rings is 4. The quantitative estimate of drug-likeness (QED) is 0.143. The summed E-state index contributed by atoms with van der Waals surface area (Å²) in [6.07, 6.45) is 0. The highest BCUT2D eigenvalue weighted by atomic mass is 32.2. The van der Waals surface area contributed by atoms with Crippen molar-refractivity contribution < 1.29 is 28.4 Å². The molecule has 4 aromatic carbocycles. The topological polar surface area (TPSA) is 61.9 Å². The van der Waals surface area contributed by atoms with Crippen LogP contribution in [0.3, 0.4) is 0 Å². The molecule has 0 aliphatic carbocycles. The molecule has 2 heterocycles. The van der Waals surface area contributed by atoms with Gasteiger partial charge in [-0.3, -0.25) is 9.80 Å². The van der Waals surface area contributed by atoms with Crippen LogP contribution in [0.5, 0.6) is 34.5 Å². The predicted molar refractivity (Wildman–Crippen MR) is 203 cm³/mol. The fourth-order valence-electron chi connectivity index (χ4n) is 5.92. The van der Waals surface area contributed by atoms with Crippen LogP contribution in [0.15, 0.2) is 94.7 Å². The van der Waals surface area contributed by atoms with E-state index < -0.39 is 0 Å². The summed E-state index contributed by atoms with van der Waals surface area (Å²) >= 11 is 1.71. The normalized spacial score (nSPS) is 16.2. The Bertz CT molecular complexity index is 1750. The number of ether oxygens (including phenoxy) is 6. The molecule has 8 nitrogen and oxygen atoms in total. The Hall–Kier alpha value is -3.89. The Labute approximate surface area is 307 Å². The van der Waals surface area contributed by atoms with Crippen molar-refractivity contribution >= 4 is 11.8 Å². The zero-order chi connectivity index (χ0) is 36.2. The molecule has 0 amide bonds. The second-order valence-electron chi connectivity index (χ2n) is 15.4. The summed E-state index contributed by atoms with van der Waals surface area (Å²) in [5, 5.41) is 0. The number of hydrogen-bond donors (Lipinski definition) is 0. The summed E-state index contributed by atoms with van der Waals surface area (Å²) in [7, 11) is 0. The van der Waals surface area contributed by atoms with E-state index in [0.29, 0.717) is 26.7 Å². The zero-order valence-electron chi connectivity index (χ0n) is 31.2. The lowest BCUT2D eigenvalue weighted by Gasteiger charge is -2.35. The smallest absolute Gasteiger partial charge is 0.142 e. The fraction of sp³-hybridized carbons (Fsp3) is 0.429. The Kier molecular flexibility index (Phi) is 11.4. The summed E-state index contributed by atoms with van der Waals surface area (Å²) in [6.45, 7) is 20.5. The van der Waals surface area contributed by atoms with E-state index in [1.165, 1.54) is 0 Å². The minimum Gasteiger partial charge on any atom is -0.488 e. The fourth-order valence-corrected chi connectivity index (χ4v) is 6.73. The summed E-state index contributed by atoms with van der Waals surface area (Å²) in [4.78, 5) is 6.88. The molecule has 272 valence electrons. The lowest BCUT2D eigenvalue weighted by Crippen LogP contribution is -2.43. The number of hydrogen-bond acceptors (Lipinski definition) is 9. The molecular weight excluding hydrogens is 661 g/mol. The molecule has 0 N–H and O–H groups in total. The lowest BCUT2D eigenvalue weighted by molar-refractivity contribution is -0.0189. The van der Waals surface area contributed by atoms with Crippen LogP contribution >= 0.6 is 11.8 Å². The zero-order valence-corrected chi connectivity index (χ0v) is 32.0. The van der Waals surface area contributed by atoms with Gasteiger partial charge in [-0.15, -0.1) is 0 Å². The van der Waals surface area contributed by atoms with Crippen molar-refractivity contribution in [3.05, 3.63) is 96.1 Å². The SMILES string of the molecule is CC(COCC(C)N1COc2ccc(OC(C)(C)C)cc2C1)N1COc2ccc(Oc3ccc(Sc4ccc(OC(C)(C)C)cc4)cc3)cc2C1. The van der Waals surface area contributed by atoms with E-state index in [1.807, 2.05) is 48.5 Å². The molecule has 9 heteroatoms. The maximum absolute atomic E-state index is 6.26. The van der Waals surface area contributed by atoms with Crippen molar-refractivity contribution in [3.8, 4) is 34.5 Å². The van der Waals surface area contributed by atoms with Gasteiger partial charge in [0.1, 0.15) is 59.2 Å². The average molecular weight is 713 g/mol. The van der Waals surface area contributed by atoms with E-state index in [2.05, 4.69) is 102 Å². The van der Waals surface area contributed by atoms with Crippen molar-refractivity contribution in [3.63, 3.8) is 0 Å². The first kappa shape index (κ1) is 36.9. The standard InChI is InChI=1S/C42H52N2O6S/c1-29(25-45-26-30(2)44-24-32-22-36(50-42(6,7)8)14-20-40(32)47-28-44)43-23-31-21-35(13-19-39(31)46-27-43)48-33-9-15-37(16-10-33)51-38-17-11-34(12-18-38)49-41(3,4)5/h9-22,29-30H,23-28H2,1-8H3. The summed E-state index contributed by atoms with van der Waals surface area (Å²) < 4.78 is 36.7. The van der Waals surface area contributed by atoms with Crippen LogP contribution < -0.4 is 23.7 Å². The molecule has 0 radical (unpaired) electrons. The predicted octanol–water partition coefficient (Wildman–Crippen LogP) is 9.78. The first-order valence-electron chi connectivity index (χ1n) is 17.8. The molecule has 2 atom stereocenters. The maximum Gasteiger partial charge on any atom is 0.142 e. The minimum atomic E-state index is -0.247. The van der Waals surface area contributed by atoms with Crippen LogP contribution in [-0.2, 0) is 17.8 Å². The highest BCUT2D eigenvalue weighted by molar-refractivity contribution is 7.99. The average Bonchev–Trinajstić information content (AvgIpc) is 3.08. The molecule has 0 bridgehead atoms. The highest BCUT2D eigenvalue weighted by Gasteiger charge is 2.26. The third kappa shape index (κ3) is 10.6. The van der Waals surface area contributed by atoms with Crippen LogP contribution in [0.1, 0.15) is 66.5 Å². The molecule has 6 rings (SSSR count). The molecule has 0 spiro atoms. The van der Waals surface area contributed by atoms with Gasteiger partial charge >= 0.3 is 0 Å². The molecule has 0 fully saturated rings. The second-order valence-corrected chi connectivity index (χ2v) is 16.5. The maximum atomic E-state index is 6.26. The number of fused-ring (bicyclic) bond motifs is 2. The summed E-state index contributed by atoms with van der Waals surface area (Å²) in [5.74, 6) is 5.13. The number of nitrogens with zero attached hydrogens (tertiary/aromatic N) is 2. The van der Waals surface area contributed by atoms with Gasteiger partial charge in [-0.1, -0.05) is 11.8 Å². The second kappa shape index (κ2) is 15.8. The van der Waals surface area contributed by atoms with Gasteiger partial charge in [0.2, 0.25) is 0 Å². The van der Waals surface area contributed by atoms with E-state index in [4.69, 9.17) is 28.4 Å². The monoisotopic (exact) mass is 712 g/mol. The molecule has 0 aromatic heterocycles. The Morgan fingerprint density at radius 2 is 1.02 bits per heavy atom. The molecular formula is C42H52N2O6S.